The average Bonchev–Trinajstić information content (AvgIpc) is 1.57. The van der Waals surface area contributed by atoms with E-state index in [0.717, 1.165) is 0 Å². The Kier molecular flexibility index (Phi) is 15.4. The lowest BCUT2D eigenvalue weighted by molar-refractivity contribution is 0.666. The van der Waals surface area contributed by atoms with Crippen LogP contribution in [-0.4, -0.2) is 0 Å². The summed E-state index contributed by atoms with van der Waals surface area (Å²) in [6, 6.07) is 150. The molecule has 0 radical (unpaired) electrons. The molecule has 0 saturated heterocycles. The fourth-order valence-corrected chi connectivity index (χ4v) is 22.9. The summed E-state index contributed by atoms with van der Waals surface area (Å²) in [7, 11) is 0. The van der Waals surface area contributed by atoms with Crippen LogP contribution >= 0.6 is 11.3 Å². The molecule has 0 spiro atoms. The second kappa shape index (κ2) is 26.6. The van der Waals surface area contributed by atoms with Crippen LogP contribution in [-0.2, 0) is 10.8 Å². The Hall–Kier alpha value is -14.3. The van der Waals surface area contributed by atoms with Gasteiger partial charge in [0.2, 0.25) is 0 Å². The maximum Gasteiger partial charge on any atom is 0.0355 e. The van der Waals surface area contributed by atoms with Crippen LogP contribution in [0.4, 0.5) is 0 Å². The highest BCUT2D eigenvalue weighted by Gasteiger charge is 2.42. The van der Waals surface area contributed by atoms with Gasteiger partial charge in [-0.1, -0.05) is 398 Å². The third-order valence-electron chi connectivity index (χ3n) is 26.8. The van der Waals surface area contributed by atoms with Crippen molar-refractivity contribution in [2.45, 2.75) is 38.5 Å². The van der Waals surface area contributed by atoms with Gasteiger partial charge in [0.15, 0.2) is 0 Å². The minimum atomic E-state index is -0.198. The van der Waals surface area contributed by atoms with Crippen molar-refractivity contribution in [3.8, 4) is 100 Å². The smallest absolute Gasteiger partial charge is 0.0355 e. The third-order valence-corrected chi connectivity index (χ3v) is 27.9. The van der Waals surface area contributed by atoms with E-state index in [1.54, 1.807) is 0 Å². The molecule has 0 amide bonds. The summed E-state index contributed by atoms with van der Waals surface area (Å²) in [5.74, 6) is 0. The topological polar surface area (TPSA) is 0 Å². The molecule has 0 atom stereocenters. The van der Waals surface area contributed by atoms with E-state index in [0.29, 0.717) is 0 Å². The molecule has 0 saturated carbocycles. The number of thiophene rings is 1. The molecule has 1 heterocycles. The van der Waals surface area contributed by atoms with E-state index in [-0.39, 0.29) is 10.8 Å². The highest BCUT2D eigenvalue weighted by Crippen LogP contribution is 2.60. The first-order valence-corrected chi connectivity index (χ1v) is 42.6. The Balaban J connectivity index is 0.000000136. The predicted octanol–water partition coefficient (Wildman–Crippen LogP) is 33.6. The second-order valence-electron chi connectivity index (χ2n) is 33.8. The molecular weight excluding hydrogens is 1450 g/mol. The van der Waals surface area contributed by atoms with Crippen molar-refractivity contribution >= 4 is 139 Å². The summed E-state index contributed by atoms with van der Waals surface area (Å²) in [4.78, 5) is 0. The van der Waals surface area contributed by atoms with Gasteiger partial charge in [-0.05, 0) is 260 Å². The van der Waals surface area contributed by atoms with E-state index in [2.05, 4.69) is 428 Å². The van der Waals surface area contributed by atoms with Crippen molar-refractivity contribution in [1.82, 2.24) is 0 Å². The lowest BCUT2D eigenvalue weighted by Crippen LogP contribution is -2.17. The molecule has 1 aromatic heterocycles. The molecule has 0 N–H and O–H groups in total. The van der Waals surface area contributed by atoms with E-state index >= 15 is 0 Å². The van der Waals surface area contributed by atoms with Crippen molar-refractivity contribution in [3.05, 3.63) is 423 Å². The molecule has 1 heteroatoms. The number of hydrogen-bond donors (Lipinski definition) is 0. The van der Waals surface area contributed by atoms with Crippen LogP contribution < -0.4 is 0 Å². The van der Waals surface area contributed by atoms with Crippen molar-refractivity contribution in [2.75, 3.05) is 0 Å². The third kappa shape index (κ3) is 10.4. The summed E-state index contributed by atoms with van der Waals surface area (Å²) < 4.78 is 2.67. The molecule has 2 aliphatic rings. The van der Waals surface area contributed by atoms with Crippen molar-refractivity contribution in [3.63, 3.8) is 0 Å². The molecule has 2 aliphatic carbocycles. The molecule has 0 unspecified atom stereocenters. The molecule has 22 aromatic carbocycles. The van der Waals surface area contributed by atoms with Crippen molar-refractivity contribution < 1.29 is 0 Å². The van der Waals surface area contributed by atoms with Crippen LogP contribution in [0.5, 0.6) is 0 Å². The summed E-state index contributed by atoms with van der Waals surface area (Å²) in [5.41, 5.74) is 28.5. The Bertz CT molecular complexity index is 8150. The van der Waals surface area contributed by atoms with Crippen LogP contribution in [0.1, 0.15) is 49.9 Å². The van der Waals surface area contributed by atoms with Gasteiger partial charge in [-0.15, -0.1) is 11.3 Å². The number of benzene rings is 22. The molecule has 25 rings (SSSR count). The standard InChI is InChI=1S/C63H42.C55H36S/c1-63(2)57-29-15-28-45(60(57)61-50-22-9-7-19-47(50)48-20-8-14-27-55(48)62(61)63)39-30-34-41(35-31-39)58-51-23-10-12-25-53(51)59(54-26-13-11-24-52(54)58)42-36-32-40(33-37-42)56-38-43-16-3-4-17-44(43)46-18-5-6-21-49(46)56;1-55(2)53-36(26-14-27-46(53)52-40-20-5-3-17-37(40)38-18-4-10-25-45(38)54(52)55)33-15-13-16-34(31-33)50-41-21-6-8-23-43(41)51(44-24-9-7-22-42(44)50)35-29-30-49-47(32-35)39-19-11-12-28-48(39)56-49/h3-38H,1-2H3;3-32H,1-2H3. The fraction of sp³-hybridized carbons (Fsp3) is 0.0508. The minimum absolute atomic E-state index is 0.144. The highest BCUT2D eigenvalue weighted by molar-refractivity contribution is 7.25. The van der Waals surface area contributed by atoms with Crippen LogP contribution in [0.15, 0.2) is 400 Å². The normalized spacial score (nSPS) is 13.2. The summed E-state index contributed by atoms with van der Waals surface area (Å²) in [5, 5.41) is 28.6. The zero-order valence-electron chi connectivity index (χ0n) is 66.5. The maximum atomic E-state index is 2.45. The summed E-state index contributed by atoms with van der Waals surface area (Å²) >= 11 is 1.88. The molecule has 0 fully saturated rings. The summed E-state index contributed by atoms with van der Waals surface area (Å²) in [6.07, 6.45) is 0. The predicted molar refractivity (Wildman–Crippen MR) is 514 cm³/mol. The van der Waals surface area contributed by atoms with Gasteiger partial charge >= 0.3 is 0 Å². The van der Waals surface area contributed by atoms with Gasteiger partial charge in [0.1, 0.15) is 0 Å². The molecule has 119 heavy (non-hydrogen) atoms. The SMILES string of the molecule is CC1(C)c2c(-c3cccc(-c4c5ccccc5c(-c5ccc6sc7ccccc7c6c5)c5ccccc45)c3)cccc2-c2c1c1ccccc1c1ccccc21.CC1(C)c2cccc(-c3ccc(-c4c5ccccc5c(-c5ccc(-c6cc7ccccc7c7ccccc67)cc5)c5ccccc45)cc3)c2-c2c1c1ccccc1c1ccccc21. The maximum absolute atomic E-state index is 2.45. The Labute approximate surface area is 695 Å². The largest absolute Gasteiger partial charge is 0.135 e. The molecule has 556 valence electrons. The monoisotopic (exact) mass is 1530 g/mol. The Morgan fingerprint density at radius 2 is 0.496 bits per heavy atom. The lowest BCUT2D eigenvalue weighted by Gasteiger charge is -2.26. The second-order valence-corrected chi connectivity index (χ2v) is 34.9. The Morgan fingerprint density at radius 1 is 0.160 bits per heavy atom. The van der Waals surface area contributed by atoms with Crippen molar-refractivity contribution in [1.29, 1.82) is 0 Å². The number of fused-ring (bicyclic) bond motifs is 26. The quantitative estimate of drug-likeness (QED) is 0.110. The van der Waals surface area contributed by atoms with E-state index in [1.807, 2.05) is 11.3 Å². The fourth-order valence-electron chi connectivity index (χ4n) is 21.8. The molecule has 23 aromatic rings. The minimum Gasteiger partial charge on any atom is -0.135 e. The van der Waals surface area contributed by atoms with Crippen molar-refractivity contribution in [2.24, 2.45) is 0 Å². The molecule has 0 aliphatic heterocycles. The first-order chi connectivity index (χ1) is 58.6. The van der Waals surface area contributed by atoms with E-state index < -0.39 is 0 Å². The molecular formula is C118H78S. The van der Waals surface area contributed by atoms with Gasteiger partial charge in [0.25, 0.3) is 0 Å². The molecule has 0 bridgehead atoms. The van der Waals surface area contributed by atoms with E-state index in [1.165, 1.54) is 250 Å². The van der Waals surface area contributed by atoms with Gasteiger partial charge in [-0.3, -0.25) is 0 Å². The summed E-state index contributed by atoms with van der Waals surface area (Å²) in [6.45, 7) is 9.68. The van der Waals surface area contributed by atoms with Crippen LogP contribution in [0, 0.1) is 0 Å². The van der Waals surface area contributed by atoms with Crippen LogP contribution in [0.3, 0.4) is 0 Å². The van der Waals surface area contributed by atoms with Gasteiger partial charge in [0.05, 0.1) is 0 Å². The van der Waals surface area contributed by atoms with Gasteiger partial charge in [-0.25, -0.2) is 0 Å². The zero-order valence-corrected chi connectivity index (χ0v) is 67.3. The highest BCUT2D eigenvalue weighted by atomic mass is 32.1. The lowest BCUT2D eigenvalue weighted by atomic mass is 9.76. The van der Waals surface area contributed by atoms with Gasteiger partial charge in [0, 0.05) is 31.0 Å². The zero-order chi connectivity index (χ0) is 78.9. The first-order valence-electron chi connectivity index (χ1n) is 41.8. The average molecular weight is 1530 g/mol. The van der Waals surface area contributed by atoms with Gasteiger partial charge in [-0.2, -0.15) is 0 Å². The number of hydrogen-bond acceptors (Lipinski definition) is 1. The Morgan fingerprint density at radius 3 is 1.03 bits per heavy atom. The molecule has 0 nitrogen and oxygen atoms in total. The van der Waals surface area contributed by atoms with E-state index in [9.17, 15) is 0 Å². The van der Waals surface area contributed by atoms with Gasteiger partial charge < -0.3 is 0 Å². The first kappa shape index (κ1) is 69.0. The van der Waals surface area contributed by atoms with Crippen LogP contribution in [0.2, 0.25) is 0 Å². The van der Waals surface area contributed by atoms with E-state index in [4.69, 9.17) is 0 Å². The number of rotatable bonds is 7. The van der Waals surface area contributed by atoms with Crippen LogP contribution in [0.25, 0.3) is 228 Å².